The molecule has 1 aliphatic heterocycles. The van der Waals surface area contributed by atoms with Crippen molar-refractivity contribution in [1.29, 1.82) is 0 Å². The lowest BCUT2D eigenvalue weighted by molar-refractivity contribution is 0.0697. The van der Waals surface area contributed by atoms with E-state index in [1.807, 2.05) is 0 Å². The summed E-state index contributed by atoms with van der Waals surface area (Å²) < 4.78 is 31.7. The highest BCUT2D eigenvalue weighted by molar-refractivity contribution is 7.89. The molecule has 0 atom stereocenters. The lowest BCUT2D eigenvalue weighted by atomic mass is 10.1. The fourth-order valence-electron chi connectivity index (χ4n) is 2.21. The van der Waals surface area contributed by atoms with Gasteiger partial charge in [0.1, 0.15) is 0 Å². The summed E-state index contributed by atoms with van der Waals surface area (Å²) in [7, 11) is -2.62. The first-order chi connectivity index (χ1) is 11.2. The number of aromatic carboxylic acids is 1. The summed E-state index contributed by atoms with van der Waals surface area (Å²) in [5.74, 6) is -0.958. The van der Waals surface area contributed by atoms with Crippen LogP contribution in [0.25, 0.3) is 0 Å². The predicted octanol–water partition coefficient (Wildman–Crippen LogP) is 3.45. The number of benzene rings is 2. The van der Waals surface area contributed by atoms with Gasteiger partial charge in [-0.15, -0.1) is 0 Å². The van der Waals surface area contributed by atoms with Crippen molar-refractivity contribution in [3.63, 3.8) is 0 Å². The summed E-state index contributed by atoms with van der Waals surface area (Å²) in [5.41, 5.74) is 0.296. The van der Waals surface area contributed by atoms with Crippen LogP contribution in [0.15, 0.2) is 29.2 Å². The summed E-state index contributed by atoms with van der Waals surface area (Å²) in [6.07, 6.45) is 0. The first-order valence-corrected chi connectivity index (χ1v) is 8.75. The van der Waals surface area contributed by atoms with Crippen LogP contribution < -0.4 is 14.8 Å². The van der Waals surface area contributed by atoms with Crippen molar-refractivity contribution in [2.24, 2.45) is 0 Å². The molecule has 2 aromatic rings. The molecule has 0 amide bonds. The number of halogens is 2. The number of sulfonamides is 1. The third-order valence-electron chi connectivity index (χ3n) is 3.39. The average Bonchev–Trinajstić information content (AvgIpc) is 2.53. The highest BCUT2D eigenvalue weighted by Gasteiger charge is 2.27. The van der Waals surface area contributed by atoms with Crippen LogP contribution in [0.2, 0.25) is 10.0 Å². The van der Waals surface area contributed by atoms with Crippen molar-refractivity contribution in [3.8, 4) is 11.5 Å². The maximum Gasteiger partial charge on any atom is 0.338 e. The number of hydrogen-bond acceptors (Lipinski definition) is 5. The molecule has 24 heavy (non-hydrogen) atoms. The Hall–Kier alpha value is -2.00. The molecule has 0 bridgehead atoms. The number of rotatable bonds is 3. The number of fused-ring (bicyclic) bond motifs is 2. The first-order valence-electron chi connectivity index (χ1n) is 6.51. The quantitative estimate of drug-likeness (QED) is 0.634. The maximum absolute atomic E-state index is 12.0. The van der Waals surface area contributed by atoms with Crippen molar-refractivity contribution >= 4 is 50.6 Å². The minimum Gasteiger partial charge on any atom is -0.478 e. The van der Waals surface area contributed by atoms with Crippen LogP contribution in [0.1, 0.15) is 10.4 Å². The van der Waals surface area contributed by atoms with Crippen LogP contribution in [-0.4, -0.2) is 26.5 Å². The molecule has 3 rings (SSSR count). The van der Waals surface area contributed by atoms with Crippen LogP contribution in [0.3, 0.4) is 0 Å². The third-order valence-corrected chi connectivity index (χ3v) is 5.50. The molecular formula is C14H10Cl2N2O5S. The molecule has 1 aliphatic rings. The summed E-state index contributed by atoms with van der Waals surface area (Å²) in [6, 6.07) is 5.22. The zero-order valence-electron chi connectivity index (χ0n) is 12.1. The molecule has 3 N–H and O–H groups in total. The van der Waals surface area contributed by atoms with Crippen molar-refractivity contribution in [2.45, 2.75) is 4.90 Å². The van der Waals surface area contributed by atoms with E-state index in [0.717, 1.165) is 6.07 Å². The Morgan fingerprint density at radius 2 is 1.83 bits per heavy atom. The van der Waals surface area contributed by atoms with E-state index in [-0.39, 0.29) is 31.9 Å². The van der Waals surface area contributed by atoms with Crippen LogP contribution >= 0.6 is 23.2 Å². The molecule has 0 unspecified atom stereocenters. The standard InChI is InChI=1S/C14H10Cl2N2O5S/c1-17-24(21,22)6-2-7(14(19)20)13-12(3-6)23-11-5-9(16)8(15)4-10(11)18-13/h2-5,17-18H,1H3,(H,19,20). The van der Waals surface area contributed by atoms with E-state index in [9.17, 15) is 18.3 Å². The summed E-state index contributed by atoms with van der Waals surface area (Å²) in [6.45, 7) is 0. The summed E-state index contributed by atoms with van der Waals surface area (Å²) >= 11 is 11.9. The SMILES string of the molecule is CNS(=O)(=O)c1cc2c(c(C(=O)O)c1)Nc1cc(Cl)c(Cl)cc1O2. The van der Waals surface area contributed by atoms with Gasteiger partial charge in [0.25, 0.3) is 0 Å². The zero-order chi connectivity index (χ0) is 17.6. The fraction of sp³-hybridized carbons (Fsp3) is 0.0714. The second kappa shape index (κ2) is 5.82. The molecule has 2 aromatic carbocycles. The van der Waals surface area contributed by atoms with Gasteiger partial charge in [0.05, 0.1) is 31.9 Å². The lowest BCUT2D eigenvalue weighted by Crippen LogP contribution is -2.20. The third kappa shape index (κ3) is 2.78. The van der Waals surface area contributed by atoms with Gasteiger partial charge >= 0.3 is 5.97 Å². The second-order valence-corrected chi connectivity index (χ2v) is 7.55. The molecule has 0 saturated heterocycles. The average molecular weight is 389 g/mol. The molecule has 0 fully saturated rings. The van der Waals surface area contributed by atoms with Crippen molar-refractivity contribution < 1.29 is 23.1 Å². The number of carboxylic acid groups (broad SMARTS) is 1. The molecule has 0 saturated carbocycles. The van der Waals surface area contributed by atoms with E-state index >= 15 is 0 Å². The lowest BCUT2D eigenvalue weighted by Gasteiger charge is -2.24. The molecule has 126 valence electrons. The van der Waals surface area contributed by atoms with Crippen LogP contribution in [-0.2, 0) is 10.0 Å². The normalized spacial score (nSPS) is 12.6. The van der Waals surface area contributed by atoms with Gasteiger partial charge in [-0.05, 0) is 19.2 Å². The van der Waals surface area contributed by atoms with Gasteiger partial charge in [-0.2, -0.15) is 0 Å². The zero-order valence-corrected chi connectivity index (χ0v) is 14.4. The summed E-state index contributed by atoms with van der Waals surface area (Å²) in [4.78, 5) is 11.3. The predicted molar refractivity (Wildman–Crippen MR) is 89.5 cm³/mol. The van der Waals surface area contributed by atoms with E-state index < -0.39 is 16.0 Å². The van der Waals surface area contributed by atoms with Gasteiger partial charge in [-0.25, -0.2) is 17.9 Å². The van der Waals surface area contributed by atoms with E-state index in [1.165, 1.54) is 25.2 Å². The maximum atomic E-state index is 12.0. The van der Waals surface area contributed by atoms with E-state index in [1.54, 1.807) is 0 Å². The Balaban J connectivity index is 2.21. The minimum atomic E-state index is -3.85. The number of carbonyl (C=O) groups is 1. The van der Waals surface area contributed by atoms with E-state index in [4.69, 9.17) is 27.9 Å². The number of anilines is 2. The largest absolute Gasteiger partial charge is 0.478 e. The molecule has 0 aliphatic carbocycles. The Labute approximate surface area is 147 Å². The van der Waals surface area contributed by atoms with Crippen LogP contribution in [0, 0.1) is 0 Å². The monoisotopic (exact) mass is 388 g/mol. The van der Waals surface area contributed by atoms with Gasteiger partial charge in [0.15, 0.2) is 11.5 Å². The Morgan fingerprint density at radius 1 is 1.17 bits per heavy atom. The molecule has 0 aromatic heterocycles. The topological polar surface area (TPSA) is 105 Å². The molecule has 0 spiro atoms. The molecule has 1 heterocycles. The van der Waals surface area contributed by atoms with Crippen molar-refractivity contribution in [1.82, 2.24) is 4.72 Å². The van der Waals surface area contributed by atoms with E-state index in [2.05, 4.69) is 10.0 Å². The molecular weight excluding hydrogens is 379 g/mol. The second-order valence-electron chi connectivity index (χ2n) is 4.85. The highest BCUT2D eigenvalue weighted by Crippen LogP contribution is 2.47. The smallest absolute Gasteiger partial charge is 0.338 e. The molecule has 10 heteroatoms. The Bertz CT molecular complexity index is 976. The van der Waals surface area contributed by atoms with Crippen molar-refractivity contribution in [2.75, 3.05) is 12.4 Å². The van der Waals surface area contributed by atoms with Gasteiger partial charge in [0, 0.05) is 12.1 Å². The van der Waals surface area contributed by atoms with E-state index in [0.29, 0.717) is 11.4 Å². The Kier molecular flexibility index (Phi) is 4.08. The van der Waals surface area contributed by atoms with Crippen LogP contribution in [0.5, 0.6) is 11.5 Å². The molecule has 0 radical (unpaired) electrons. The minimum absolute atomic E-state index is 0.0506. The van der Waals surface area contributed by atoms with Gasteiger partial charge in [-0.1, -0.05) is 23.2 Å². The number of carboxylic acids is 1. The van der Waals surface area contributed by atoms with Gasteiger partial charge < -0.3 is 15.2 Å². The number of hydrogen-bond donors (Lipinski definition) is 3. The first kappa shape index (κ1) is 16.8. The summed E-state index contributed by atoms with van der Waals surface area (Å²) in [5, 5.41) is 12.8. The highest BCUT2D eigenvalue weighted by atomic mass is 35.5. The van der Waals surface area contributed by atoms with Crippen molar-refractivity contribution in [3.05, 3.63) is 39.9 Å². The number of nitrogens with one attached hydrogen (secondary N) is 2. The van der Waals surface area contributed by atoms with Crippen LogP contribution in [0.4, 0.5) is 11.4 Å². The molecule has 7 nitrogen and oxygen atoms in total. The number of ether oxygens (including phenoxy) is 1. The van der Waals surface area contributed by atoms with Gasteiger partial charge in [0.2, 0.25) is 10.0 Å². The fourth-order valence-corrected chi connectivity index (χ4v) is 3.29. The van der Waals surface area contributed by atoms with Gasteiger partial charge in [-0.3, -0.25) is 0 Å². The Morgan fingerprint density at radius 3 is 2.46 bits per heavy atom.